The maximum absolute atomic E-state index is 9.63. The van der Waals surface area contributed by atoms with Gasteiger partial charge in [-0.2, -0.15) is 0 Å². The Morgan fingerprint density at radius 1 is 1.21 bits per heavy atom. The molecule has 0 fully saturated rings. The standard InChI is InChI=1S/C12H13NO/c1-2-12(14)11-8-7-9-5-3-4-6-10(9)13-11/h3-8,12,14H,2H2,1H3. The number of pyridine rings is 1. The van der Waals surface area contributed by atoms with E-state index < -0.39 is 6.10 Å². The molecule has 0 aliphatic heterocycles. The van der Waals surface area contributed by atoms with E-state index in [0.29, 0.717) is 6.42 Å². The zero-order valence-electron chi connectivity index (χ0n) is 8.14. The molecule has 1 aromatic heterocycles. The fourth-order valence-electron chi connectivity index (χ4n) is 1.48. The van der Waals surface area contributed by atoms with Crippen molar-refractivity contribution in [3.8, 4) is 0 Å². The Bertz CT molecular complexity index is 439. The fraction of sp³-hybridized carbons (Fsp3) is 0.250. The largest absolute Gasteiger partial charge is 0.387 e. The van der Waals surface area contributed by atoms with Crippen LogP contribution in [0.1, 0.15) is 25.1 Å². The second-order valence-electron chi connectivity index (χ2n) is 3.35. The summed E-state index contributed by atoms with van der Waals surface area (Å²) in [5, 5.41) is 10.7. The summed E-state index contributed by atoms with van der Waals surface area (Å²) in [6, 6.07) is 11.8. The molecule has 1 unspecified atom stereocenters. The van der Waals surface area contributed by atoms with Crippen molar-refractivity contribution >= 4 is 10.9 Å². The molecule has 1 N–H and O–H groups in total. The van der Waals surface area contributed by atoms with Crippen LogP contribution in [0.4, 0.5) is 0 Å². The molecule has 0 aliphatic rings. The van der Waals surface area contributed by atoms with Crippen molar-refractivity contribution in [2.45, 2.75) is 19.4 Å². The Hall–Kier alpha value is -1.41. The summed E-state index contributed by atoms with van der Waals surface area (Å²) < 4.78 is 0. The molecule has 2 rings (SSSR count). The van der Waals surface area contributed by atoms with Gasteiger partial charge < -0.3 is 5.11 Å². The molecular weight excluding hydrogens is 174 g/mol. The summed E-state index contributed by atoms with van der Waals surface area (Å²) in [4.78, 5) is 4.40. The van der Waals surface area contributed by atoms with Crippen LogP contribution in [0.3, 0.4) is 0 Å². The van der Waals surface area contributed by atoms with Gasteiger partial charge in [-0.3, -0.25) is 4.98 Å². The number of para-hydroxylation sites is 1. The summed E-state index contributed by atoms with van der Waals surface area (Å²) in [7, 11) is 0. The van der Waals surface area contributed by atoms with Gasteiger partial charge in [0.2, 0.25) is 0 Å². The first-order valence-corrected chi connectivity index (χ1v) is 4.85. The molecule has 2 heteroatoms. The first kappa shape index (κ1) is 9.16. The van der Waals surface area contributed by atoms with Gasteiger partial charge in [0, 0.05) is 5.39 Å². The van der Waals surface area contributed by atoms with Crippen molar-refractivity contribution in [2.24, 2.45) is 0 Å². The summed E-state index contributed by atoms with van der Waals surface area (Å²) in [6.07, 6.45) is 0.255. The molecule has 72 valence electrons. The molecule has 14 heavy (non-hydrogen) atoms. The predicted molar refractivity (Wildman–Crippen MR) is 57.0 cm³/mol. The Labute approximate surface area is 83.2 Å². The van der Waals surface area contributed by atoms with Crippen LogP contribution in [0, 0.1) is 0 Å². The normalized spacial score (nSPS) is 13.0. The number of benzene rings is 1. The highest BCUT2D eigenvalue weighted by molar-refractivity contribution is 5.78. The van der Waals surface area contributed by atoms with Crippen LogP contribution in [0.5, 0.6) is 0 Å². The maximum Gasteiger partial charge on any atom is 0.0957 e. The van der Waals surface area contributed by atoms with Gasteiger partial charge in [-0.25, -0.2) is 0 Å². The first-order valence-electron chi connectivity index (χ1n) is 4.85. The molecule has 0 spiro atoms. The molecule has 1 heterocycles. The lowest BCUT2D eigenvalue weighted by atomic mass is 10.1. The zero-order chi connectivity index (χ0) is 9.97. The van der Waals surface area contributed by atoms with Crippen LogP contribution in [-0.4, -0.2) is 10.1 Å². The highest BCUT2D eigenvalue weighted by atomic mass is 16.3. The minimum absolute atomic E-state index is 0.445. The van der Waals surface area contributed by atoms with E-state index in [0.717, 1.165) is 16.6 Å². The molecule has 2 nitrogen and oxygen atoms in total. The van der Waals surface area contributed by atoms with Crippen molar-refractivity contribution < 1.29 is 5.11 Å². The molecule has 0 aliphatic carbocycles. The van der Waals surface area contributed by atoms with Gasteiger partial charge in [-0.1, -0.05) is 31.2 Å². The first-order chi connectivity index (χ1) is 6.81. The van der Waals surface area contributed by atoms with Crippen LogP contribution in [-0.2, 0) is 0 Å². The lowest BCUT2D eigenvalue weighted by Crippen LogP contribution is -1.98. The summed E-state index contributed by atoms with van der Waals surface area (Å²) in [6.45, 7) is 1.95. The molecule has 0 bridgehead atoms. The monoisotopic (exact) mass is 187 g/mol. The topological polar surface area (TPSA) is 33.1 Å². The lowest BCUT2D eigenvalue weighted by Gasteiger charge is -2.07. The SMILES string of the molecule is CCC(O)c1ccc2ccccc2n1. The van der Waals surface area contributed by atoms with Gasteiger partial charge >= 0.3 is 0 Å². The summed E-state index contributed by atoms with van der Waals surface area (Å²) >= 11 is 0. The molecule has 1 aromatic carbocycles. The van der Waals surface area contributed by atoms with Crippen molar-refractivity contribution in [2.75, 3.05) is 0 Å². The number of hydrogen-bond donors (Lipinski definition) is 1. The molecule has 0 saturated heterocycles. The summed E-state index contributed by atoms with van der Waals surface area (Å²) in [5.74, 6) is 0. The molecule has 0 radical (unpaired) electrons. The van der Waals surface area contributed by atoms with Gasteiger partial charge in [-0.05, 0) is 18.6 Å². The Morgan fingerprint density at radius 2 is 2.00 bits per heavy atom. The maximum atomic E-state index is 9.63. The van der Waals surface area contributed by atoms with Crippen LogP contribution in [0.2, 0.25) is 0 Å². The van der Waals surface area contributed by atoms with E-state index in [4.69, 9.17) is 0 Å². The smallest absolute Gasteiger partial charge is 0.0957 e. The number of aliphatic hydroxyl groups excluding tert-OH is 1. The van der Waals surface area contributed by atoms with Crippen molar-refractivity contribution in [1.29, 1.82) is 0 Å². The van der Waals surface area contributed by atoms with Crippen molar-refractivity contribution in [3.63, 3.8) is 0 Å². The third-order valence-corrected chi connectivity index (χ3v) is 2.35. The van der Waals surface area contributed by atoms with Gasteiger partial charge in [0.1, 0.15) is 0 Å². The molecule has 1 atom stereocenters. The highest BCUT2D eigenvalue weighted by Crippen LogP contribution is 2.18. The van der Waals surface area contributed by atoms with E-state index >= 15 is 0 Å². The second-order valence-corrected chi connectivity index (χ2v) is 3.35. The molecular formula is C12H13NO. The van der Waals surface area contributed by atoms with E-state index in [2.05, 4.69) is 4.98 Å². The van der Waals surface area contributed by atoms with Crippen molar-refractivity contribution in [1.82, 2.24) is 4.98 Å². The van der Waals surface area contributed by atoms with E-state index in [9.17, 15) is 5.11 Å². The van der Waals surface area contributed by atoms with Gasteiger partial charge in [0.05, 0.1) is 17.3 Å². The van der Waals surface area contributed by atoms with Crippen LogP contribution < -0.4 is 0 Å². The number of rotatable bonds is 2. The minimum Gasteiger partial charge on any atom is -0.387 e. The van der Waals surface area contributed by atoms with Crippen molar-refractivity contribution in [3.05, 3.63) is 42.1 Å². The van der Waals surface area contributed by atoms with Crippen LogP contribution in [0.15, 0.2) is 36.4 Å². The molecule has 2 aromatic rings. The van der Waals surface area contributed by atoms with E-state index in [1.54, 1.807) is 0 Å². The third-order valence-electron chi connectivity index (χ3n) is 2.35. The minimum atomic E-state index is -0.445. The lowest BCUT2D eigenvalue weighted by molar-refractivity contribution is 0.169. The zero-order valence-corrected chi connectivity index (χ0v) is 8.14. The number of fused-ring (bicyclic) bond motifs is 1. The van der Waals surface area contributed by atoms with E-state index in [1.165, 1.54) is 0 Å². The van der Waals surface area contributed by atoms with E-state index in [1.807, 2.05) is 43.3 Å². The summed E-state index contributed by atoms with van der Waals surface area (Å²) in [5.41, 5.74) is 1.70. The number of aromatic nitrogens is 1. The Morgan fingerprint density at radius 3 is 2.79 bits per heavy atom. The molecule has 0 amide bonds. The van der Waals surface area contributed by atoms with Crippen LogP contribution in [0.25, 0.3) is 10.9 Å². The van der Waals surface area contributed by atoms with E-state index in [-0.39, 0.29) is 0 Å². The third kappa shape index (κ3) is 1.61. The molecule has 0 saturated carbocycles. The highest BCUT2D eigenvalue weighted by Gasteiger charge is 2.06. The predicted octanol–water partition coefficient (Wildman–Crippen LogP) is 2.68. The van der Waals surface area contributed by atoms with Crippen LogP contribution >= 0.6 is 0 Å². The average molecular weight is 187 g/mol. The van der Waals surface area contributed by atoms with Gasteiger partial charge in [-0.15, -0.1) is 0 Å². The number of hydrogen-bond acceptors (Lipinski definition) is 2. The average Bonchev–Trinajstić information content (AvgIpc) is 2.27. The Balaban J connectivity index is 2.51. The second kappa shape index (κ2) is 3.76. The number of aliphatic hydroxyl groups is 1. The quantitative estimate of drug-likeness (QED) is 0.784. The van der Waals surface area contributed by atoms with Gasteiger partial charge in [0.25, 0.3) is 0 Å². The fourth-order valence-corrected chi connectivity index (χ4v) is 1.48. The van der Waals surface area contributed by atoms with Gasteiger partial charge in [0.15, 0.2) is 0 Å². The number of nitrogens with zero attached hydrogens (tertiary/aromatic N) is 1. The Kier molecular flexibility index (Phi) is 2.46.